The molecule has 1 saturated heterocycles. The number of nitrogens with zero attached hydrogens (tertiary/aromatic N) is 3. The smallest absolute Gasteiger partial charge is 0.272 e. The minimum absolute atomic E-state index is 0.151. The number of carbonyl (C=O) groups excluding carboxylic acids is 2. The SMILES string of the molecule is CC1Oc2cc(N3CCCC3=O)ccc2-c2cnc(Nc3cncc(NC(=O)c4cc5ccccc5[nH]4)c3)cc21. The van der Waals surface area contributed by atoms with E-state index in [2.05, 4.69) is 25.6 Å². The second-order valence-corrected chi connectivity index (χ2v) is 10.1. The van der Waals surface area contributed by atoms with Crippen LogP contribution < -0.4 is 20.3 Å². The molecule has 5 aromatic rings. The normalized spacial score (nSPS) is 15.9. The topological polar surface area (TPSA) is 112 Å². The monoisotopic (exact) mass is 530 g/mol. The highest BCUT2D eigenvalue weighted by Crippen LogP contribution is 2.44. The molecule has 1 fully saturated rings. The van der Waals surface area contributed by atoms with Crippen LogP contribution in [0.2, 0.25) is 0 Å². The van der Waals surface area contributed by atoms with Gasteiger partial charge in [-0.05, 0) is 49.7 Å². The van der Waals surface area contributed by atoms with Crippen molar-refractivity contribution in [3.63, 3.8) is 0 Å². The summed E-state index contributed by atoms with van der Waals surface area (Å²) in [5.41, 5.74) is 6.45. The first-order chi connectivity index (χ1) is 19.5. The highest BCUT2D eigenvalue weighted by Gasteiger charge is 2.27. The van der Waals surface area contributed by atoms with Crippen molar-refractivity contribution < 1.29 is 14.3 Å². The average molecular weight is 531 g/mol. The van der Waals surface area contributed by atoms with E-state index in [4.69, 9.17) is 4.74 Å². The van der Waals surface area contributed by atoms with E-state index in [1.165, 1.54) is 0 Å². The van der Waals surface area contributed by atoms with Gasteiger partial charge in [-0.2, -0.15) is 0 Å². The van der Waals surface area contributed by atoms with Gasteiger partial charge >= 0.3 is 0 Å². The number of ether oxygens (including phenoxy) is 1. The Morgan fingerprint density at radius 1 is 1.02 bits per heavy atom. The number of hydrogen-bond acceptors (Lipinski definition) is 6. The van der Waals surface area contributed by atoms with Gasteiger partial charge in [-0.1, -0.05) is 18.2 Å². The van der Waals surface area contributed by atoms with Crippen LogP contribution in [0, 0.1) is 0 Å². The number of carbonyl (C=O) groups is 2. The molecule has 3 aromatic heterocycles. The second-order valence-electron chi connectivity index (χ2n) is 10.1. The Hall–Kier alpha value is -5.18. The van der Waals surface area contributed by atoms with Crippen molar-refractivity contribution in [2.45, 2.75) is 25.9 Å². The number of H-pyrrole nitrogens is 1. The van der Waals surface area contributed by atoms with E-state index >= 15 is 0 Å². The summed E-state index contributed by atoms with van der Waals surface area (Å²) >= 11 is 0. The number of nitrogens with one attached hydrogen (secondary N) is 3. The fourth-order valence-corrected chi connectivity index (χ4v) is 5.39. The zero-order valence-corrected chi connectivity index (χ0v) is 21.8. The number of benzene rings is 2. The second kappa shape index (κ2) is 9.53. The van der Waals surface area contributed by atoms with Gasteiger partial charge in [0.15, 0.2) is 0 Å². The number of aromatic amines is 1. The van der Waals surface area contributed by atoms with Gasteiger partial charge in [-0.25, -0.2) is 4.98 Å². The third-order valence-corrected chi connectivity index (χ3v) is 7.36. The van der Waals surface area contributed by atoms with Gasteiger partial charge in [0.05, 0.1) is 23.8 Å². The maximum Gasteiger partial charge on any atom is 0.272 e. The molecule has 0 radical (unpaired) electrons. The van der Waals surface area contributed by atoms with E-state index < -0.39 is 0 Å². The molecule has 2 amide bonds. The summed E-state index contributed by atoms with van der Waals surface area (Å²) in [7, 11) is 0. The predicted molar refractivity (Wildman–Crippen MR) is 154 cm³/mol. The van der Waals surface area contributed by atoms with Crippen LogP contribution in [-0.4, -0.2) is 33.3 Å². The first kappa shape index (κ1) is 23.9. The van der Waals surface area contributed by atoms with Crippen LogP contribution in [0.3, 0.4) is 0 Å². The average Bonchev–Trinajstić information content (AvgIpc) is 3.59. The Bertz CT molecular complexity index is 1760. The first-order valence-electron chi connectivity index (χ1n) is 13.2. The lowest BCUT2D eigenvalue weighted by Crippen LogP contribution is -2.24. The minimum atomic E-state index is -0.246. The van der Waals surface area contributed by atoms with Crippen molar-refractivity contribution in [3.8, 4) is 16.9 Å². The standard InChI is InChI=1S/C31H26N6O3/c1-18-24-14-29(33-17-25(24)23-9-8-22(13-28(23)40-18)37-10-4-7-30(37)38)34-20-12-21(16-32-15-20)35-31(39)27-11-19-5-2-3-6-26(19)36-27/h2-3,5-6,8-9,11-18,36H,4,7,10H2,1H3,(H,33,34)(H,35,39). The first-order valence-corrected chi connectivity index (χ1v) is 13.2. The van der Waals surface area contributed by atoms with Crippen molar-refractivity contribution in [2.75, 3.05) is 22.1 Å². The molecular weight excluding hydrogens is 504 g/mol. The van der Waals surface area contributed by atoms with E-state index in [1.54, 1.807) is 12.4 Å². The van der Waals surface area contributed by atoms with Crippen LogP contribution in [-0.2, 0) is 4.79 Å². The van der Waals surface area contributed by atoms with E-state index in [9.17, 15) is 9.59 Å². The molecule has 1 atom stereocenters. The number of para-hydroxylation sites is 1. The lowest BCUT2D eigenvalue weighted by molar-refractivity contribution is -0.117. The minimum Gasteiger partial charge on any atom is -0.485 e. The number of pyridine rings is 2. The Kier molecular flexibility index (Phi) is 5.70. The van der Waals surface area contributed by atoms with Crippen LogP contribution in [0.5, 0.6) is 5.75 Å². The summed E-state index contributed by atoms with van der Waals surface area (Å²) in [6.07, 6.45) is 6.39. The summed E-state index contributed by atoms with van der Waals surface area (Å²) in [5.74, 6) is 1.29. The molecule has 9 heteroatoms. The summed E-state index contributed by atoms with van der Waals surface area (Å²) in [5, 5.41) is 7.17. The third-order valence-electron chi connectivity index (χ3n) is 7.36. The fraction of sp³-hybridized carbons (Fsp3) is 0.161. The van der Waals surface area contributed by atoms with Gasteiger partial charge in [0.1, 0.15) is 23.4 Å². The number of anilines is 4. The van der Waals surface area contributed by atoms with Crippen molar-refractivity contribution >= 4 is 45.6 Å². The van der Waals surface area contributed by atoms with Gasteiger partial charge in [-0.3, -0.25) is 14.6 Å². The summed E-state index contributed by atoms with van der Waals surface area (Å²) in [4.78, 5) is 38.9. The van der Waals surface area contributed by atoms with Gasteiger partial charge < -0.3 is 25.3 Å². The van der Waals surface area contributed by atoms with Crippen LogP contribution in [0.25, 0.3) is 22.0 Å². The number of fused-ring (bicyclic) bond motifs is 4. The molecule has 40 heavy (non-hydrogen) atoms. The van der Waals surface area contributed by atoms with E-state index in [0.717, 1.165) is 52.0 Å². The zero-order valence-electron chi connectivity index (χ0n) is 21.8. The molecule has 2 aliphatic heterocycles. The van der Waals surface area contributed by atoms with Gasteiger partial charge in [0, 0.05) is 58.5 Å². The van der Waals surface area contributed by atoms with Crippen molar-refractivity contribution in [1.82, 2.24) is 15.0 Å². The lowest BCUT2D eigenvalue weighted by atomic mass is 9.94. The van der Waals surface area contributed by atoms with Crippen LogP contribution in [0.15, 0.2) is 79.3 Å². The molecule has 198 valence electrons. The molecule has 3 N–H and O–H groups in total. The van der Waals surface area contributed by atoms with Crippen LogP contribution in [0.4, 0.5) is 22.9 Å². The Morgan fingerprint density at radius 2 is 1.90 bits per heavy atom. The molecular formula is C31H26N6O3. The summed E-state index contributed by atoms with van der Waals surface area (Å²) in [6, 6.07) is 19.3. The number of hydrogen-bond donors (Lipinski definition) is 3. The molecule has 9 nitrogen and oxygen atoms in total. The number of aromatic nitrogens is 3. The highest BCUT2D eigenvalue weighted by molar-refractivity contribution is 6.06. The maximum atomic E-state index is 12.8. The Balaban J connectivity index is 1.10. The van der Waals surface area contributed by atoms with Crippen molar-refractivity contribution in [3.05, 3.63) is 90.5 Å². The van der Waals surface area contributed by atoms with Gasteiger partial charge in [-0.15, -0.1) is 0 Å². The van der Waals surface area contributed by atoms with Crippen molar-refractivity contribution in [2.24, 2.45) is 0 Å². The maximum absolute atomic E-state index is 12.8. The van der Waals surface area contributed by atoms with Crippen LogP contribution >= 0.6 is 0 Å². The third kappa shape index (κ3) is 4.31. The quantitative estimate of drug-likeness (QED) is 0.249. The van der Waals surface area contributed by atoms with Crippen LogP contribution in [0.1, 0.15) is 41.9 Å². The van der Waals surface area contributed by atoms with Gasteiger partial charge in [0.25, 0.3) is 5.91 Å². The molecule has 0 bridgehead atoms. The zero-order chi connectivity index (χ0) is 27.2. The molecule has 2 aliphatic rings. The number of amides is 2. The molecule has 5 heterocycles. The molecule has 0 spiro atoms. The molecule has 7 rings (SSSR count). The Morgan fingerprint density at radius 3 is 2.75 bits per heavy atom. The van der Waals surface area contributed by atoms with Gasteiger partial charge in [0.2, 0.25) is 5.91 Å². The summed E-state index contributed by atoms with van der Waals surface area (Å²) < 4.78 is 6.27. The predicted octanol–water partition coefficient (Wildman–Crippen LogP) is 6.20. The van der Waals surface area contributed by atoms with E-state index in [0.29, 0.717) is 29.3 Å². The molecule has 0 aliphatic carbocycles. The largest absolute Gasteiger partial charge is 0.485 e. The lowest BCUT2D eigenvalue weighted by Gasteiger charge is -2.28. The summed E-state index contributed by atoms with van der Waals surface area (Å²) in [6.45, 7) is 2.74. The van der Waals surface area contributed by atoms with Crippen molar-refractivity contribution in [1.29, 1.82) is 0 Å². The fourth-order valence-electron chi connectivity index (χ4n) is 5.39. The Labute approximate surface area is 230 Å². The highest BCUT2D eigenvalue weighted by atomic mass is 16.5. The molecule has 1 unspecified atom stereocenters. The molecule has 2 aromatic carbocycles. The van der Waals surface area contributed by atoms with E-state index in [1.807, 2.05) is 78.7 Å². The molecule has 0 saturated carbocycles. The number of rotatable bonds is 5. The van der Waals surface area contributed by atoms with E-state index in [-0.39, 0.29) is 17.9 Å².